The average molecular weight is 701 g/mol. The number of nitrogens with zero attached hydrogens (tertiary/aromatic N) is 4. The Hall–Kier alpha value is -3.52. The molecule has 0 spiro atoms. The second-order valence-electron chi connectivity index (χ2n) is 8.76. The minimum Gasteiger partial charge on any atom is -0.214 e. The van der Waals surface area contributed by atoms with Crippen molar-refractivity contribution in [3.05, 3.63) is 108 Å². The zero-order valence-corrected chi connectivity index (χ0v) is 25.9. The van der Waals surface area contributed by atoms with E-state index in [2.05, 4.69) is 16.3 Å². The van der Waals surface area contributed by atoms with Crippen molar-refractivity contribution >= 4 is 36.5 Å². The number of azo groups is 1. The van der Waals surface area contributed by atoms with Crippen LogP contribution in [0, 0.1) is 18.3 Å². The molecule has 0 heterocycles. The van der Waals surface area contributed by atoms with Crippen molar-refractivity contribution in [2.75, 3.05) is 24.6 Å². The second-order valence-corrected chi connectivity index (χ2v) is 11.1. The van der Waals surface area contributed by atoms with Crippen LogP contribution in [0.1, 0.15) is 12.0 Å². The third-order valence-electron chi connectivity index (χ3n) is 5.12. The van der Waals surface area contributed by atoms with Crippen molar-refractivity contribution < 1.29 is 52.1 Å². The zero-order valence-electron chi connectivity index (χ0n) is 23.2. The first-order valence-electron chi connectivity index (χ1n) is 12.6. The molecule has 238 valence electrons. The van der Waals surface area contributed by atoms with Crippen LogP contribution in [-0.2, 0) is 17.1 Å². The van der Waals surface area contributed by atoms with E-state index >= 15 is 0 Å². The number of hydrogen-bond acceptors (Lipinski definition) is 6. The smallest absolute Gasteiger partial charge is 0.214 e. The molecule has 0 bridgehead atoms. The Morgan fingerprint density at radius 3 is 1.89 bits per heavy atom. The predicted molar refractivity (Wildman–Crippen MR) is 158 cm³/mol. The van der Waals surface area contributed by atoms with Gasteiger partial charge in [0.05, 0.1) is 30.5 Å². The topological polar surface area (TPSA) is 81.2 Å². The molecule has 0 aliphatic heterocycles. The molecule has 4 aromatic rings. The van der Waals surface area contributed by atoms with Crippen LogP contribution in [0.25, 0.3) is 0 Å². The number of anilines is 1. The van der Waals surface area contributed by atoms with Gasteiger partial charge in [-0.2, -0.15) is 33.7 Å². The van der Waals surface area contributed by atoms with Crippen LogP contribution in [0.2, 0.25) is 5.02 Å². The van der Waals surface area contributed by atoms with E-state index in [9.17, 15) is 30.3 Å². The van der Waals surface area contributed by atoms with Crippen LogP contribution < -0.4 is 9.64 Å². The van der Waals surface area contributed by atoms with Gasteiger partial charge in [-0.15, -0.1) is 0 Å². The van der Waals surface area contributed by atoms with E-state index < -0.39 is 7.81 Å². The second kappa shape index (κ2) is 16.5. The number of aliphatic hydroxyl groups is 1. The van der Waals surface area contributed by atoms with Gasteiger partial charge in [0.1, 0.15) is 11.5 Å². The third kappa shape index (κ3) is 18.2. The zero-order chi connectivity index (χ0) is 32.0. The van der Waals surface area contributed by atoms with Gasteiger partial charge in [0.15, 0.2) is 0 Å². The van der Waals surface area contributed by atoms with Crippen LogP contribution in [0.5, 0.6) is 11.5 Å². The van der Waals surface area contributed by atoms with Gasteiger partial charge < -0.3 is 14.7 Å². The summed E-state index contributed by atoms with van der Waals surface area (Å²) in [7, 11) is -10.7. The average Bonchev–Trinajstić information content (AvgIpc) is 3.51. The van der Waals surface area contributed by atoms with Crippen molar-refractivity contribution in [3.63, 3.8) is 0 Å². The minimum absolute atomic E-state index is 0. The molecule has 0 radical (unpaired) electrons. The number of nitriles is 1. The first-order chi connectivity index (χ1) is 20.0. The maximum absolute atomic E-state index is 10.7. The van der Waals surface area contributed by atoms with E-state index in [0.29, 0.717) is 41.7 Å². The molecule has 0 saturated carbocycles. The van der Waals surface area contributed by atoms with Crippen molar-refractivity contribution in [1.82, 2.24) is 0 Å². The van der Waals surface area contributed by atoms with Crippen molar-refractivity contribution in [3.8, 4) is 17.6 Å². The fraction of sp³-hybridized carbons (Fsp3) is 0.172. The van der Waals surface area contributed by atoms with Crippen LogP contribution >= 0.6 is 19.4 Å². The molecule has 0 fully saturated rings. The monoisotopic (exact) mass is 700 g/mol. The van der Waals surface area contributed by atoms with E-state index in [-0.39, 0.29) is 23.7 Å². The number of halogens is 7. The third-order valence-corrected chi connectivity index (χ3v) is 5.38. The van der Waals surface area contributed by atoms with E-state index in [1.54, 1.807) is 12.1 Å². The van der Waals surface area contributed by atoms with E-state index in [1.165, 1.54) is 0 Å². The quantitative estimate of drug-likeness (QED) is 0.0619. The Labute approximate surface area is 266 Å². The summed E-state index contributed by atoms with van der Waals surface area (Å²) in [6.45, 7) is 3.04. The van der Waals surface area contributed by atoms with Gasteiger partial charge in [0.2, 0.25) is 0 Å². The molecule has 1 N–H and O–H groups in total. The molecular formula is C29H28ClF6FeN4O2P. The summed E-state index contributed by atoms with van der Waals surface area (Å²) in [5, 5.41) is 27.4. The Kier molecular flexibility index (Phi) is 14.5. The molecule has 0 amide bonds. The fourth-order valence-corrected chi connectivity index (χ4v) is 3.40. The Morgan fingerprint density at radius 2 is 1.43 bits per heavy atom. The summed E-state index contributed by atoms with van der Waals surface area (Å²) in [6.07, 6.45) is 0.401. The van der Waals surface area contributed by atoms with Gasteiger partial charge in [-0.05, 0) is 79.2 Å². The number of aliphatic hydroxyl groups excluding tert-OH is 1. The van der Waals surface area contributed by atoms with E-state index in [4.69, 9.17) is 21.6 Å². The van der Waals surface area contributed by atoms with Gasteiger partial charge in [0, 0.05) is 23.8 Å². The van der Waals surface area contributed by atoms with Crippen molar-refractivity contribution in [1.29, 1.82) is 5.26 Å². The van der Waals surface area contributed by atoms with E-state index in [1.807, 2.05) is 96.8 Å². The maximum Gasteiger partial charge on any atom is 2.00 e. The maximum atomic E-state index is 9.87. The number of hydrogen-bond donors (Lipinski definition) is 1. The molecule has 4 rings (SSSR count). The molecule has 15 heteroatoms. The van der Waals surface area contributed by atoms with Gasteiger partial charge in [-0.1, -0.05) is 11.6 Å². The minimum atomic E-state index is -10.7. The van der Waals surface area contributed by atoms with Crippen molar-refractivity contribution in [2.45, 2.75) is 13.3 Å². The molecule has 4 aromatic carbocycles. The Morgan fingerprint density at radius 1 is 0.886 bits per heavy atom. The Balaban J connectivity index is 0.000000622. The van der Waals surface area contributed by atoms with Crippen LogP contribution in [0.3, 0.4) is 0 Å². The molecule has 44 heavy (non-hydrogen) atoms. The number of aryl methyl sites for hydroxylation is 1. The predicted octanol–water partition coefficient (Wildman–Crippen LogP) is 11.4. The molecule has 0 aliphatic carbocycles. The van der Waals surface area contributed by atoms with Crippen LogP contribution in [-0.4, -0.2) is 24.8 Å². The number of benzene rings is 3. The van der Waals surface area contributed by atoms with Crippen LogP contribution in [0.4, 0.5) is 42.2 Å². The summed E-state index contributed by atoms with van der Waals surface area (Å²) in [4.78, 5) is 1.98. The number of rotatable bonds is 9. The number of ether oxygens (including phenoxy) is 1. The summed E-state index contributed by atoms with van der Waals surface area (Å²) < 4.78 is 65.0. The largest absolute Gasteiger partial charge is 2.00 e. The molecule has 0 aromatic heterocycles. The van der Waals surface area contributed by atoms with Gasteiger partial charge in [-0.25, -0.2) is 12.1 Å². The van der Waals surface area contributed by atoms with Gasteiger partial charge in [0.25, 0.3) is 0 Å². The van der Waals surface area contributed by atoms with Gasteiger partial charge in [-0.3, -0.25) is 0 Å². The molecular weight excluding hydrogens is 673 g/mol. The summed E-state index contributed by atoms with van der Waals surface area (Å²) in [6, 6.07) is 32.5. The summed E-state index contributed by atoms with van der Waals surface area (Å²) in [5.74, 6) is 1.41. The van der Waals surface area contributed by atoms with Crippen molar-refractivity contribution in [2.24, 2.45) is 10.2 Å². The first-order valence-corrected chi connectivity index (χ1v) is 15.0. The normalized spacial score (nSPS) is 12.2. The first kappa shape index (κ1) is 38.5. The standard InChI is InChI=1S/C24H23ClN4O2.C5H5.F6P.Fe/c1-18-17-21(29(15-16-30)14-2-13-26)7-12-24(18)28-27-20-5-10-23(11-6-20)31-22-8-3-19(25)4-9-22;1-2-4-5-3-1;1-7(2,3,4,5)6;/h3-12,17,30H,2,14-16H2,1H3;1-5H;;/q;2*-1;+2. The fourth-order valence-electron chi connectivity index (χ4n) is 3.28. The van der Waals surface area contributed by atoms with E-state index in [0.717, 1.165) is 16.9 Å². The molecule has 6 nitrogen and oxygen atoms in total. The molecule has 0 unspecified atom stereocenters. The van der Waals surface area contributed by atoms with Gasteiger partial charge >= 0.3 is 50.1 Å². The molecule has 0 saturated heterocycles. The molecule has 0 atom stereocenters. The van der Waals surface area contributed by atoms with Crippen LogP contribution in [0.15, 0.2) is 107 Å². The summed E-state index contributed by atoms with van der Waals surface area (Å²) in [5.41, 5.74) is 3.38. The molecule has 0 aliphatic rings. The SMILES string of the molecule is Cc1cc(N(CCO)CCC#N)ccc1N=Nc1ccc(Oc2ccc(Cl)cc2)cc1.F[P-](F)(F)(F)(F)F.[Fe+2].c1cc[cH-]c1. The summed E-state index contributed by atoms with van der Waals surface area (Å²) >= 11 is 5.89. The Bertz CT molecular complexity index is 1460.